The topological polar surface area (TPSA) is 294 Å². The molecule has 3 aliphatic rings. The number of nitrogens with two attached hydrogens (primary N) is 1. The van der Waals surface area contributed by atoms with E-state index >= 15 is 0 Å². The summed E-state index contributed by atoms with van der Waals surface area (Å²) >= 11 is 0. The number of esters is 3. The van der Waals surface area contributed by atoms with Crippen molar-refractivity contribution < 1.29 is 77.1 Å². The van der Waals surface area contributed by atoms with Crippen LogP contribution in [0.3, 0.4) is 0 Å². The molecule has 6 aromatic carbocycles. The molecule has 0 bridgehead atoms. The largest absolute Gasteiger partial charge is 0.493 e. The Morgan fingerprint density at radius 1 is 0.622 bits per heavy atom. The minimum atomic E-state index is -1.11. The van der Waals surface area contributed by atoms with Gasteiger partial charge in [0.05, 0.1) is 61.5 Å². The van der Waals surface area contributed by atoms with E-state index in [2.05, 4.69) is 40.3 Å². The Hall–Kier alpha value is -9.99. The number of fused-ring (bicyclic) bond motifs is 2. The molecule has 6 atom stereocenters. The first-order chi connectivity index (χ1) is 43.4. The Balaban J connectivity index is 0.000000161. The summed E-state index contributed by atoms with van der Waals surface area (Å²) in [5, 5.41) is 30.5. The van der Waals surface area contributed by atoms with Crippen LogP contribution in [0.2, 0.25) is 0 Å². The lowest BCUT2D eigenvalue weighted by molar-refractivity contribution is -0.153. The number of rotatable bonds is 23. The number of amides is 2. The number of hydrogen-bond acceptors (Lipinski definition) is 17. The number of aryl methyl sites for hydroxylation is 1. The smallest absolute Gasteiger partial charge is 0.317 e. The van der Waals surface area contributed by atoms with E-state index in [1.807, 2.05) is 73.7 Å². The van der Waals surface area contributed by atoms with Crippen molar-refractivity contribution in [1.29, 1.82) is 0 Å². The second-order valence-corrected chi connectivity index (χ2v) is 22.4. The van der Waals surface area contributed by atoms with E-state index in [1.54, 1.807) is 66.5 Å². The van der Waals surface area contributed by atoms with E-state index < -0.39 is 75.5 Å². The summed E-state index contributed by atoms with van der Waals surface area (Å²) in [6.45, 7) is 4.99. The standard InChI is InChI=1S/C25H25FN2O5.C24H23NO5.C20H22N2O5/c1-3-17-11-16(18-6-4-5-7-21(18)27-17)14-33-22-9-8-15(10-20(22)26)12-25(24(30)32-2)13-19(25)23(29)28-31;1-29-23(27)24(15-21(24)22(26)25-28)19-7-4-8-20(14-19)30-12-11-16-9-10-17-5-2-3-6-18(17)13-16;1-2-26-19(25)20(11-16(20)18(23)24)10-13-3-5-15(6-4-13)27-12-14-7-8-22-17(21)9-14/h4-11,19,31H,3,12-14H2,1-2H3,(H,28,29);2-10,13-14,21,28H,11-12,15H2,1H3,(H,25,26);3-9,16H,2,10-12H2,1H3,(H2,21,22)(H,23,24)/t19-,25+;21-,24-;16-,20+/m101/s1. The normalized spacial score (nSPS) is 19.9. The second kappa shape index (κ2) is 28.4. The molecule has 0 aliphatic heterocycles. The maximum Gasteiger partial charge on any atom is 0.317 e. The number of carboxylic acid groups (broad SMARTS) is 1. The SMILES string of the molecule is CCOC(=O)[C@@]1(Cc2ccc(OCc3ccnc(N)c3)cc2)C[C@@H]1C(=O)O.CCc1cc(COc2ccc(C[C@]3(C(=O)OC)C[C@@H]3C(=O)NO)cc2F)c2ccccc2n1.COC(=O)[C@]1(c2cccc(OCCc3ccc4ccccc4c3)c2)C[C@H]1C(=O)NO. The predicted octanol–water partition coefficient (Wildman–Crippen LogP) is 9.58. The number of halogens is 1. The molecule has 0 unspecified atom stereocenters. The van der Waals surface area contributed by atoms with E-state index in [1.165, 1.54) is 42.7 Å². The van der Waals surface area contributed by atoms with Crippen LogP contribution in [0.25, 0.3) is 21.7 Å². The van der Waals surface area contributed by atoms with Crippen LogP contribution in [0.4, 0.5) is 10.2 Å². The molecule has 3 fully saturated rings. The number of anilines is 1. The monoisotopic (exact) mass is 1230 g/mol. The number of nitrogen functional groups attached to an aromatic ring is 1. The molecule has 2 amide bonds. The summed E-state index contributed by atoms with van der Waals surface area (Å²) in [6, 6.07) is 46.8. The third-order valence-electron chi connectivity index (χ3n) is 16.7. The van der Waals surface area contributed by atoms with Crippen molar-refractivity contribution in [2.45, 2.75) is 77.4 Å². The number of nitrogens with zero attached hydrogens (tertiary/aromatic N) is 2. The first kappa shape index (κ1) is 64.5. The molecule has 3 aliphatic carbocycles. The van der Waals surface area contributed by atoms with Gasteiger partial charge in [-0.25, -0.2) is 20.3 Å². The Labute approximate surface area is 518 Å². The number of aromatic nitrogens is 2. The Bertz CT molecular complexity index is 3940. The number of carbonyl (C=O) groups is 6. The number of ether oxygens (including phenoxy) is 6. The van der Waals surface area contributed by atoms with Gasteiger partial charge in [0.2, 0.25) is 11.8 Å². The van der Waals surface area contributed by atoms with Crippen molar-refractivity contribution in [3.8, 4) is 17.2 Å². The van der Waals surface area contributed by atoms with E-state index in [0.29, 0.717) is 54.5 Å². The number of hydroxylamine groups is 2. The average molecular weight is 1230 g/mol. The van der Waals surface area contributed by atoms with Crippen LogP contribution >= 0.6 is 0 Å². The zero-order valence-corrected chi connectivity index (χ0v) is 50.1. The highest BCUT2D eigenvalue weighted by Crippen LogP contribution is 2.58. The molecule has 3 saturated carbocycles. The van der Waals surface area contributed by atoms with Gasteiger partial charge in [0, 0.05) is 29.3 Å². The van der Waals surface area contributed by atoms with Gasteiger partial charge < -0.3 is 39.3 Å². The molecule has 2 heterocycles. The Kier molecular flexibility index (Phi) is 20.4. The van der Waals surface area contributed by atoms with Gasteiger partial charge in [0.1, 0.15) is 35.9 Å². The predicted molar refractivity (Wildman–Crippen MR) is 327 cm³/mol. The highest BCUT2D eigenvalue weighted by atomic mass is 19.1. The van der Waals surface area contributed by atoms with Gasteiger partial charge in [-0.3, -0.25) is 44.2 Å². The second-order valence-electron chi connectivity index (χ2n) is 22.4. The molecule has 0 saturated heterocycles. The molecule has 2 aromatic heterocycles. The number of hydrogen-bond donors (Lipinski definition) is 6. The van der Waals surface area contributed by atoms with Gasteiger partial charge in [-0.2, -0.15) is 0 Å². The van der Waals surface area contributed by atoms with Crippen molar-refractivity contribution >= 4 is 63.2 Å². The Morgan fingerprint density at radius 2 is 1.30 bits per heavy atom. The molecular formula is C69H70FN5O15. The van der Waals surface area contributed by atoms with E-state index in [-0.39, 0.29) is 38.2 Å². The van der Waals surface area contributed by atoms with Crippen LogP contribution in [0.1, 0.15) is 72.2 Å². The minimum Gasteiger partial charge on any atom is -0.493 e. The maximum atomic E-state index is 14.8. The zero-order chi connectivity index (χ0) is 64.2. The van der Waals surface area contributed by atoms with E-state index in [4.69, 9.17) is 44.6 Å². The van der Waals surface area contributed by atoms with Crippen molar-refractivity contribution in [3.63, 3.8) is 0 Å². The number of para-hydroxylation sites is 1. The minimum absolute atomic E-state index is 0.0882. The lowest BCUT2D eigenvalue weighted by atomic mass is 9.92. The van der Waals surface area contributed by atoms with E-state index in [0.717, 1.165) is 46.1 Å². The summed E-state index contributed by atoms with van der Waals surface area (Å²) in [7, 11) is 2.53. The lowest BCUT2D eigenvalue weighted by Gasteiger charge is -2.16. The molecule has 11 rings (SSSR count). The summed E-state index contributed by atoms with van der Waals surface area (Å²) in [5.74, 6) is -4.53. The molecule has 20 nitrogen and oxygen atoms in total. The third kappa shape index (κ3) is 14.6. The molecule has 90 heavy (non-hydrogen) atoms. The molecule has 8 aromatic rings. The number of benzene rings is 6. The molecule has 0 radical (unpaired) electrons. The number of carbonyl (C=O) groups excluding carboxylic acids is 5. The van der Waals surface area contributed by atoms with Crippen LogP contribution in [0.15, 0.2) is 158 Å². The quantitative estimate of drug-likeness (QED) is 0.0150. The fourth-order valence-electron chi connectivity index (χ4n) is 11.6. The van der Waals surface area contributed by atoms with E-state index in [9.17, 15) is 38.3 Å². The Morgan fingerprint density at radius 3 is 1.99 bits per heavy atom. The number of aliphatic carboxylic acids is 1. The van der Waals surface area contributed by atoms with Crippen LogP contribution in [0.5, 0.6) is 17.2 Å². The number of methoxy groups -OCH3 is 2. The highest BCUT2D eigenvalue weighted by molar-refractivity contribution is 5.98. The molecule has 0 spiro atoms. The van der Waals surface area contributed by atoms with Crippen molar-refractivity contribution in [3.05, 3.63) is 203 Å². The number of nitrogens with one attached hydrogen (secondary N) is 2. The van der Waals surface area contributed by atoms with Crippen molar-refractivity contribution in [2.24, 2.45) is 28.6 Å². The summed E-state index contributed by atoms with van der Waals surface area (Å²) in [4.78, 5) is 80.6. The summed E-state index contributed by atoms with van der Waals surface area (Å²) < 4.78 is 47.1. The first-order valence-electron chi connectivity index (χ1n) is 29.3. The van der Waals surface area contributed by atoms with Crippen LogP contribution in [0, 0.1) is 34.4 Å². The maximum absolute atomic E-state index is 14.8. The van der Waals surface area contributed by atoms with Gasteiger partial charge in [-0.15, -0.1) is 0 Å². The third-order valence-corrected chi connectivity index (χ3v) is 16.7. The lowest BCUT2D eigenvalue weighted by Crippen LogP contribution is -2.31. The number of pyridine rings is 2. The number of carboxylic acids is 1. The van der Waals surface area contributed by atoms with Gasteiger partial charge in [0.15, 0.2) is 11.6 Å². The summed E-state index contributed by atoms with van der Waals surface area (Å²) in [5.41, 5.74) is 12.5. The summed E-state index contributed by atoms with van der Waals surface area (Å²) in [6.07, 6.45) is 4.41. The van der Waals surface area contributed by atoms with Crippen LogP contribution in [-0.4, -0.2) is 88.6 Å². The fraction of sp³-hybridized carbons (Fsp3) is 0.304. The molecule has 7 N–H and O–H groups in total. The molecule has 21 heteroatoms. The van der Waals surface area contributed by atoms with Gasteiger partial charge in [-0.05, 0) is 145 Å². The zero-order valence-electron chi connectivity index (χ0n) is 50.1. The van der Waals surface area contributed by atoms with Crippen molar-refractivity contribution in [2.75, 3.05) is 33.2 Å². The van der Waals surface area contributed by atoms with Crippen LogP contribution < -0.4 is 30.9 Å². The van der Waals surface area contributed by atoms with Gasteiger partial charge >= 0.3 is 23.9 Å². The molecular weight excluding hydrogens is 1160 g/mol. The average Bonchev–Trinajstić information content (AvgIpc) is 1.59. The fourth-order valence-corrected chi connectivity index (χ4v) is 11.6. The van der Waals surface area contributed by atoms with Gasteiger partial charge in [-0.1, -0.05) is 97.9 Å². The molecule has 468 valence electrons. The van der Waals surface area contributed by atoms with Gasteiger partial charge in [0.25, 0.3) is 0 Å². The first-order valence-corrected chi connectivity index (χ1v) is 29.3. The highest BCUT2D eigenvalue weighted by Gasteiger charge is 2.67. The van der Waals surface area contributed by atoms with Crippen LogP contribution in [-0.2, 0) is 87.3 Å². The van der Waals surface area contributed by atoms with Crippen molar-refractivity contribution in [1.82, 2.24) is 20.9 Å².